The third-order valence-electron chi connectivity index (χ3n) is 6.75. The molecule has 2 amide bonds. The summed E-state index contributed by atoms with van der Waals surface area (Å²) in [6.45, 7) is 7.21. The summed E-state index contributed by atoms with van der Waals surface area (Å²) in [5, 5.41) is 2.99. The van der Waals surface area contributed by atoms with Crippen molar-refractivity contribution < 1.29 is 28.6 Å². The van der Waals surface area contributed by atoms with Crippen LogP contribution in [-0.2, 0) is 27.3 Å². The van der Waals surface area contributed by atoms with Crippen molar-refractivity contribution in [3.63, 3.8) is 0 Å². The second kappa shape index (κ2) is 12.5. The van der Waals surface area contributed by atoms with Gasteiger partial charge in [0.05, 0.1) is 26.7 Å². The number of nitrogens with zero attached hydrogens (tertiary/aromatic N) is 1. The van der Waals surface area contributed by atoms with Gasteiger partial charge in [-0.1, -0.05) is 0 Å². The summed E-state index contributed by atoms with van der Waals surface area (Å²) in [6.07, 6.45) is 2.36. The number of aryl methyl sites for hydroxylation is 1. The maximum atomic E-state index is 13.0. The van der Waals surface area contributed by atoms with Crippen LogP contribution in [0.3, 0.4) is 0 Å². The fraction of sp³-hybridized carbons (Fsp3) is 0.519. The van der Waals surface area contributed by atoms with Crippen LogP contribution in [0.15, 0.2) is 18.2 Å². The fourth-order valence-electron chi connectivity index (χ4n) is 4.73. The van der Waals surface area contributed by atoms with Crippen LogP contribution in [0.1, 0.15) is 59.1 Å². The highest BCUT2D eigenvalue weighted by molar-refractivity contribution is 5.90. The minimum absolute atomic E-state index is 0.0136. The Kier molecular flexibility index (Phi) is 9.38. The smallest absolute Gasteiger partial charge is 0.355 e. The zero-order chi connectivity index (χ0) is 26.2. The molecular weight excluding hydrogens is 462 g/mol. The van der Waals surface area contributed by atoms with Crippen LogP contribution in [0.25, 0.3) is 0 Å². The number of amides is 2. The van der Waals surface area contributed by atoms with E-state index in [4.69, 9.17) is 14.2 Å². The maximum Gasteiger partial charge on any atom is 0.355 e. The topological polar surface area (TPSA) is 110 Å². The number of nitrogens with one attached hydrogen (secondary N) is 2. The van der Waals surface area contributed by atoms with Crippen LogP contribution in [0.2, 0.25) is 0 Å². The maximum absolute atomic E-state index is 13.0. The van der Waals surface area contributed by atoms with E-state index in [9.17, 15) is 14.4 Å². The molecule has 9 nitrogen and oxygen atoms in total. The molecule has 2 heterocycles. The highest BCUT2D eigenvalue weighted by Crippen LogP contribution is 2.25. The predicted molar refractivity (Wildman–Crippen MR) is 135 cm³/mol. The summed E-state index contributed by atoms with van der Waals surface area (Å²) in [4.78, 5) is 42.9. The first kappa shape index (κ1) is 27.1. The van der Waals surface area contributed by atoms with Gasteiger partial charge in [0.1, 0.15) is 17.2 Å². The number of carbonyl (C=O) groups is 3. The molecule has 0 saturated carbocycles. The van der Waals surface area contributed by atoms with E-state index >= 15 is 0 Å². The van der Waals surface area contributed by atoms with Gasteiger partial charge >= 0.3 is 5.97 Å². The predicted octanol–water partition coefficient (Wildman–Crippen LogP) is 3.31. The Balaban J connectivity index is 1.56. The van der Waals surface area contributed by atoms with E-state index in [1.54, 1.807) is 26.0 Å². The zero-order valence-electron chi connectivity index (χ0n) is 21.9. The number of rotatable bonds is 10. The molecule has 0 radical (unpaired) electrons. The molecule has 0 bridgehead atoms. The molecule has 1 atom stereocenters. The Morgan fingerprint density at radius 1 is 1.17 bits per heavy atom. The van der Waals surface area contributed by atoms with Crippen molar-refractivity contribution in [1.29, 1.82) is 0 Å². The van der Waals surface area contributed by atoms with Crippen molar-refractivity contribution in [2.45, 2.75) is 53.0 Å². The Labute approximate surface area is 212 Å². The lowest BCUT2D eigenvalue weighted by molar-refractivity contribution is -0.135. The number of piperidine rings is 1. The first-order chi connectivity index (χ1) is 17.3. The number of carbonyl (C=O) groups excluding carboxylic acids is 3. The molecule has 1 aliphatic heterocycles. The van der Waals surface area contributed by atoms with E-state index < -0.39 is 0 Å². The number of methoxy groups -OCH3 is 2. The number of ether oxygens (including phenoxy) is 3. The number of H-pyrrole nitrogens is 1. The standard InChI is InChI=1S/C27H37N3O6/c1-6-36-27(33)25-17(2)22(18(3)29-25)10-12-24(31)30-13-7-8-19(16-30)26(32)28-15-20-14-21(34-4)9-11-23(20)35-5/h9,11,14,19,29H,6-8,10,12-13,15-16H2,1-5H3,(H,28,32). The van der Waals surface area contributed by atoms with Crippen molar-refractivity contribution in [1.82, 2.24) is 15.2 Å². The number of hydrogen-bond donors (Lipinski definition) is 2. The summed E-state index contributed by atoms with van der Waals surface area (Å²) in [5.74, 6) is 0.667. The summed E-state index contributed by atoms with van der Waals surface area (Å²) in [5.41, 5.74) is 3.92. The van der Waals surface area contributed by atoms with E-state index in [0.29, 0.717) is 56.3 Å². The lowest BCUT2D eigenvalue weighted by Gasteiger charge is -2.32. The zero-order valence-corrected chi connectivity index (χ0v) is 21.9. The molecule has 2 aromatic rings. The lowest BCUT2D eigenvalue weighted by atomic mass is 9.96. The van der Waals surface area contributed by atoms with Crippen molar-refractivity contribution in [3.05, 3.63) is 46.3 Å². The van der Waals surface area contributed by atoms with Crippen LogP contribution in [0, 0.1) is 19.8 Å². The van der Waals surface area contributed by atoms with Gasteiger partial charge in [-0.2, -0.15) is 0 Å². The lowest BCUT2D eigenvalue weighted by Crippen LogP contribution is -2.45. The molecule has 0 spiro atoms. The fourth-order valence-corrected chi connectivity index (χ4v) is 4.73. The minimum Gasteiger partial charge on any atom is -0.497 e. The van der Waals surface area contributed by atoms with Gasteiger partial charge in [0, 0.05) is 37.3 Å². The Morgan fingerprint density at radius 2 is 1.94 bits per heavy atom. The number of likely N-dealkylation sites (tertiary alicyclic amines) is 1. The SMILES string of the molecule is CCOC(=O)c1[nH]c(C)c(CCC(=O)N2CCCC(C(=O)NCc3cc(OC)ccc3OC)C2)c1C. The third kappa shape index (κ3) is 6.38. The van der Waals surface area contributed by atoms with E-state index in [-0.39, 0.29) is 23.7 Å². The minimum atomic E-state index is -0.382. The van der Waals surface area contributed by atoms with Crippen molar-refractivity contribution in [2.24, 2.45) is 5.92 Å². The average Bonchev–Trinajstić information content (AvgIpc) is 3.18. The molecular formula is C27H37N3O6. The largest absolute Gasteiger partial charge is 0.497 e. The molecule has 1 unspecified atom stereocenters. The number of benzene rings is 1. The van der Waals surface area contributed by atoms with Gasteiger partial charge in [-0.3, -0.25) is 9.59 Å². The Bertz CT molecular complexity index is 1090. The Hall–Kier alpha value is -3.49. The number of aromatic nitrogens is 1. The first-order valence-electron chi connectivity index (χ1n) is 12.4. The first-order valence-corrected chi connectivity index (χ1v) is 12.4. The molecule has 9 heteroatoms. The van der Waals surface area contributed by atoms with Crippen molar-refractivity contribution >= 4 is 17.8 Å². The van der Waals surface area contributed by atoms with E-state index in [1.807, 2.05) is 32.0 Å². The van der Waals surface area contributed by atoms with E-state index in [0.717, 1.165) is 35.2 Å². The molecule has 3 rings (SSSR count). The number of hydrogen-bond acceptors (Lipinski definition) is 6. The van der Waals surface area contributed by atoms with Crippen LogP contribution in [-0.4, -0.2) is 61.6 Å². The van der Waals surface area contributed by atoms with Gasteiger partial charge in [0.2, 0.25) is 11.8 Å². The molecule has 36 heavy (non-hydrogen) atoms. The molecule has 1 saturated heterocycles. The molecule has 196 valence electrons. The molecule has 1 aromatic carbocycles. The molecule has 1 aliphatic rings. The molecule has 2 N–H and O–H groups in total. The third-order valence-corrected chi connectivity index (χ3v) is 6.75. The van der Waals surface area contributed by atoms with Gasteiger partial charge in [-0.05, 0) is 69.4 Å². The average molecular weight is 500 g/mol. The molecule has 1 fully saturated rings. The van der Waals surface area contributed by atoms with Gasteiger partial charge in [0.25, 0.3) is 0 Å². The van der Waals surface area contributed by atoms with E-state index in [2.05, 4.69) is 10.3 Å². The van der Waals surface area contributed by atoms with Crippen LogP contribution >= 0.6 is 0 Å². The van der Waals surface area contributed by atoms with Gasteiger partial charge in [-0.15, -0.1) is 0 Å². The summed E-state index contributed by atoms with van der Waals surface area (Å²) in [7, 11) is 3.18. The van der Waals surface area contributed by atoms with Crippen molar-refractivity contribution in [3.8, 4) is 11.5 Å². The van der Waals surface area contributed by atoms with E-state index in [1.165, 1.54) is 0 Å². The molecule has 1 aromatic heterocycles. The number of aromatic amines is 1. The van der Waals surface area contributed by atoms with Gasteiger partial charge in [0.15, 0.2) is 0 Å². The van der Waals surface area contributed by atoms with Crippen LogP contribution in [0.5, 0.6) is 11.5 Å². The highest BCUT2D eigenvalue weighted by Gasteiger charge is 2.29. The summed E-state index contributed by atoms with van der Waals surface area (Å²) >= 11 is 0. The van der Waals surface area contributed by atoms with Crippen molar-refractivity contribution in [2.75, 3.05) is 33.9 Å². The number of esters is 1. The highest BCUT2D eigenvalue weighted by atomic mass is 16.5. The van der Waals surface area contributed by atoms with Gasteiger partial charge < -0.3 is 29.4 Å². The monoisotopic (exact) mass is 499 g/mol. The molecule has 0 aliphatic carbocycles. The van der Waals surface area contributed by atoms with Gasteiger partial charge in [-0.25, -0.2) is 4.79 Å². The quantitative estimate of drug-likeness (QED) is 0.486. The second-order valence-corrected chi connectivity index (χ2v) is 9.02. The van der Waals surface area contributed by atoms with Crippen LogP contribution < -0.4 is 14.8 Å². The second-order valence-electron chi connectivity index (χ2n) is 9.02. The Morgan fingerprint density at radius 3 is 2.64 bits per heavy atom. The normalized spacial score (nSPS) is 15.4. The van der Waals surface area contributed by atoms with Crippen LogP contribution in [0.4, 0.5) is 0 Å². The summed E-state index contributed by atoms with van der Waals surface area (Å²) < 4.78 is 15.8. The summed E-state index contributed by atoms with van der Waals surface area (Å²) in [6, 6.07) is 5.46.